The largest absolute Gasteiger partial charge is 0.486 e. The van der Waals surface area contributed by atoms with Crippen LogP contribution in [-0.2, 0) is 6.54 Å². The highest BCUT2D eigenvalue weighted by Crippen LogP contribution is 2.31. The maximum Gasteiger partial charge on any atom is 0.308 e. The number of fused-ring (bicyclic) bond motifs is 2. The Labute approximate surface area is 147 Å². The maximum absolute atomic E-state index is 12.5. The van der Waals surface area contributed by atoms with Crippen LogP contribution in [0.4, 0.5) is 5.69 Å². The minimum absolute atomic E-state index is 0.00723. The first kappa shape index (κ1) is 15.7. The molecule has 0 atom stereocenters. The number of hydrogen-bond donors (Lipinski definition) is 1. The van der Waals surface area contributed by atoms with E-state index in [1.54, 1.807) is 28.8 Å². The Morgan fingerprint density at radius 3 is 2.76 bits per heavy atom. The van der Waals surface area contributed by atoms with Crippen molar-refractivity contribution in [1.29, 1.82) is 0 Å². The Balaban J connectivity index is 1.60. The van der Waals surface area contributed by atoms with E-state index in [0.29, 0.717) is 42.5 Å². The zero-order chi connectivity index (χ0) is 17.4. The summed E-state index contributed by atoms with van der Waals surface area (Å²) in [5, 5.41) is 2.86. The van der Waals surface area contributed by atoms with Gasteiger partial charge in [0.1, 0.15) is 13.2 Å². The molecule has 0 saturated carbocycles. The summed E-state index contributed by atoms with van der Waals surface area (Å²) in [5.41, 5.74) is 2.02. The Morgan fingerprint density at radius 1 is 1.16 bits per heavy atom. The molecule has 0 radical (unpaired) electrons. The molecule has 0 saturated heterocycles. The van der Waals surface area contributed by atoms with E-state index in [1.807, 2.05) is 19.1 Å². The van der Waals surface area contributed by atoms with E-state index in [2.05, 4.69) is 5.32 Å². The normalized spacial score (nSPS) is 13.0. The molecule has 1 aliphatic rings. The number of anilines is 1. The number of benzene rings is 2. The van der Waals surface area contributed by atoms with Crippen molar-refractivity contribution in [2.24, 2.45) is 0 Å². The summed E-state index contributed by atoms with van der Waals surface area (Å²) in [5.74, 6) is 0.987. The standard InChI is InChI=1S/C18H16N2O4S/c1-2-20-13-5-4-12(10-16(13)25-18(20)22)19-17(21)11-3-6-14-15(9-11)24-8-7-23-14/h3-6,9-10H,2,7-8H2,1H3,(H,19,21). The average Bonchev–Trinajstić information content (AvgIpc) is 2.95. The van der Waals surface area contributed by atoms with Gasteiger partial charge in [0.15, 0.2) is 11.5 Å². The molecule has 128 valence electrons. The van der Waals surface area contributed by atoms with Gasteiger partial charge >= 0.3 is 4.87 Å². The smallest absolute Gasteiger partial charge is 0.308 e. The SMILES string of the molecule is CCn1c(=O)sc2cc(NC(=O)c3ccc4c(c3)OCCO4)ccc21. The zero-order valence-electron chi connectivity index (χ0n) is 13.6. The number of nitrogens with zero attached hydrogens (tertiary/aromatic N) is 1. The lowest BCUT2D eigenvalue weighted by Gasteiger charge is -2.18. The first-order valence-corrected chi connectivity index (χ1v) is 8.82. The average molecular weight is 356 g/mol. The molecular weight excluding hydrogens is 340 g/mol. The van der Waals surface area contributed by atoms with Gasteiger partial charge in [0.05, 0.1) is 10.2 Å². The van der Waals surface area contributed by atoms with Crippen LogP contribution in [0.5, 0.6) is 11.5 Å². The summed E-state index contributed by atoms with van der Waals surface area (Å²) in [6.45, 7) is 3.55. The predicted octanol–water partition coefficient (Wildman–Crippen LogP) is 3.11. The van der Waals surface area contributed by atoms with Crippen molar-refractivity contribution in [3.63, 3.8) is 0 Å². The third kappa shape index (κ3) is 2.87. The van der Waals surface area contributed by atoms with Gasteiger partial charge in [-0.2, -0.15) is 0 Å². The van der Waals surface area contributed by atoms with Gasteiger partial charge in [-0.1, -0.05) is 11.3 Å². The lowest BCUT2D eigenvalue weighted by molar-refractivity contribution is 0.102. The Hall–Kier alpha value is -2.80. The lowest BCUT2D eigenvalue weighted by Crippen LogP contribution is -2.17. The van der Waals surface area contributed by atoms with E-state index >= 15 is 0 Å². The number of hydrogen-bond acceptors (Lipinski definition) is 5. The molecule has 1 N–H and O–H groups in total. The molecule has 0 aliphatic carbocycles. The molecule has 0 bridgehead atoms. The fraction of sp³-hybridized carbons (Fsp3) is 0.222. The first-order valence-electron chi connectivity index (χ1n) is 8.00. The molecule has 7 heteroatoms. The van der Waals surface area contributed by atoms with Gasteiger partial charge in [-0.3, -0.25) is 14.2 Å². The quantitative estimate of drug-likeness (QED) is 0.783. The summed E-state index contributed by atoms with van der Waals surface area (Å²) in [4.78, 5) is 24.4. The first-order chi connectivity index (χ1) is 12.2. The molecule has 2 heterocycles. The second-order valence-electron chi connectivity index (χ2n) is 5.61. The summed E-state index contributed by atoms with van der Waals surface area (Å²) in [7, 11) is 0. The highest BCUT2D eigenvalue weighted by molar-refractivity contribution is 7.16. The molecule has 3 aromatic rings. The topological polar surface area (TPSA) is 69.6 Å². The molecule has 1 aliphatic heterocycles. The number of nitrogens with one attached hydrogen (secondary N) is 1. The van der Waals surface area contributed by atoms with Crippen LogP contribution in [0.1, 0.15) is 17.3 Å². The summed E-state index contributed by atoms with van der Waals surface area (Å²) in [6, 6.07) is 10.6. The number of amides is 1. The van der Waals surface area contributed by atoms with Gasteiger partial charge in [0.25, 0.3) is 5.91 Å². The fourth-order valence-electron chi connectivity index (χ4n) is 2.83. The van der Waals surface area contributed by atoms with Crippen molar-refractivity contribution < 1.29 is 14.3 Å². The van der Waals surface area contributed by atoms with Crippen molar-refractivity contribution in [2.75, 3.05) is 18.5 Å². The molecule has 4 rings (SSSR count). The molecule has 0 spiro atoms. The van der Waals surface area contributed by atoms with Gasteiger partial charge < -0.3 is 14.8 Å². The van der Waals surface area contributed by atoms with Crippen molar-refractivity contribution in [3.05, 3.63) is 51.6 Å². The van der Waals surface area contributed by atoms with Gasteiger partial charge in [0.2, 0.25) is 0 Å². The molecule has 25 heavy (non-hydrogen) atoms. The van der Waals surface area contributed by atoms with Crippen LogP contribution in [0, 0.1) is 0 Å². The predicted molar refractivity (Wildman–Crippen MR) is 97.1 cm³/mol. The van der Waals surface area contributed by atoms with E-state index in [9.17, 15) is 9.59 Å². The van der Waals surface area contributed by atoms with Crippen LogP contribution in [0.15, 0.2) is 41.2 Å². The van der Waals surface area contributed by atoms with Crippen molar-refractivity contribution in [2.45, 2.75) is 13.5 Å². The second kappa shape index (κ2) is 6.25. The van der Waals surface area contributed by atoms with Crippen LogP contribution in [0.3, 0.4) is 0 Å². The van der Waals surface area contributed by atoms with Crippen LogP contribution in [-0.4, -0.2) is 23.7 Å². The van der Waals surface area contributed by atoms with Crippen molar-refractivity contribution in [3.8, 4) is 11.5 Å². The van der Waals surface area contributed by atoms with Gasteiger partial charge in [0, 0.05) is 17.8 Å². The van der Waals surface area contributed by atoms with Crippen molar-refractivity contribution >= 4 is 33.1 Å². The highest BCUT2D eigenvalue weighted by atomic mass is 32.1. The third-order valence-corrected chi connectivity index (χ3v) is 4.99. The Bertz CT molecular complexity index is 1020. The molecular formula is C18H16N2O4S. The molecule has 6 nitrogen and oxygen atoms in total. The third-order valence-electron chi connectivity index (χ3n) is 4.05. The number of carbonyl (C=O) groups is 1. The minimum Gasteiger partial charge on any atom is -0.486 e. The molecule has 0 unspecified atom stereocenters. The van der Waals surface area contributed by atoms with Crippen molar-refractivity contribution in [1.82, 2.24) is 4.57 Å². The monoisotopic (exact) mass is 356 g/mol. The maximum atomic E-state index is 12.5. The number of rotatable bonds is 3. The van der Waals surface area contributed by atoms with E-state index in [4.69, 9.17) is 9.47 Å². The number of carbonyl (C=O) groups excluding carboxylic acids is 1. The number of thiazole rings is 1. The van der Waals surface area contributed by atoms with Crippen LogP contribution < -0.4 is 19.7 Å². The number of aromatic nitrogens is 1. The van der Waals surface area contributed by atoms with E-state index in [1.165, 1.54) is 11.3 Å². The lowest BCUT2D eigenvalue weighted by atomic mass is 10.1. The Kier molecular flexibility index (Phi) is 3.93. The highest BCUT2D eigenvalue weighted by Gasteiger charge is 2.15. The zero-order valence-corrected chi connectivity index (χ0v) is 14.4. The van der Waals surface area contributed by atoms with Crippen LogP contribution in [0.2, 0.25) is 0 Å². The molecule has 1 aromatic heterocycles. The van der Waals surface area contributed by atoms with E-state index < -0.39 is 0 Å². The summed E-state index contributed by atoms with van der Waals surface area (Å²) >= 11 is 1.18. The van der Waals surface area contributed by atoms with Gasteiger partial charge in [-0.15, -0.1) is 0 Å². The molecule has 1 amide bonds. The molecule has 2 aromatic carbocycles. The fourth-order valence-corrected chi connectivity index (χ4v) is 3.83. The number of ether oxygens (including phenoxy) is 2. The second-order valence-corrected chi connectivity index (χ2v) is 6.60. The summed E-state index contributed by atoms with van der Waals surface area (Å²) < 4.78 is 13.5. The van der Waals surface area contributed by atoms with E-state index in [0.717, 1.165) is 10.2 Å². The van der Waals surface area contributed by atoms with Crippen LogP contribution >= 0.6 is 11.3 Å². The minimum atomic E-state index is -0.237. The Morgan fingerprint density at radius 2 is 1.96 bits per heavy atom. The number of aryl methyl sites for hydroxylation is 1. The van der Waals surface area contributed by atoms with Gasteiger partial charge in [-0.05, 0) is 43.3 Å². The van der Waals surface area contributed by atoms with Crippen LogP contribution in [0.25, 0.3) is 10.2 Å². The summed E-state index contributed by atoms with van der Waals surface area (Å²) in [6.07, 6.45) is 0. The molecule has 0 fully saturated rings. The van der Waals surface area contributed by atoms with E-state index in [-0.39, 0.29) is 10.8 Å². The van der Waals surface area contributed by atoms with Gasteiger partial charge in [-0.25, -0.2) is 0 Å².